The van der Waals surface area contributed by atoms with E-state index in [0.717, 1.165) is 23.2 Å². The molecule has 2 amide bonds. The zero-order chi connectivity index (χ0) is 19.9. The molecule has 1 aliphatic rings. The number of piperazine rings is 1. The molecule has 0 spiro atoms. The molecule has 0 atom stereocenters. The lowest BCUT2D eigenvalue weighted by molar-refractivity contribution is -0.132. The zero-order valence-electron chi connectivity index (χ0n) is 16.4. The Hall–Kier alpha value is -2.86. The Balaban J connectivity index is 1.45. The van der Waals surface area contributed by atoms with Crippen LogP contribution in [0.25, 0.3) is 0 Å². The van der Waals surface area contributed by atoms with Crippen molar-refractivity contribution in [2.45, 2.75) is 19.8 Å². The molecule has 0 bridgehead atoms. The van der Waals surface area contributed by atoms with E-state index >= 15 is 0 Å². The fraction of sp³-hybridized carbons (Fsp3) is 0.364. The second-order valence-electron chi connectivity index (χ2n) is 7.13. The molecule has 0 aromatic heterocycles. The molecule has 3 rings (SSSR count). The minimum absolute atomic E-state index is 0.0115. The molecule has 0 aliphatic carbocycles. The van der Waals surface area contributed by atoms with E-state index in [1.807, 2.05) is 53.4 Å². The van der Waals surface area contributed by atoms with Gasteiger partial charge in [-0.3, -0.25) is 14.5 Å². The highest BCUT2D eigenvalue weighted by Crippen LogP contribution is 2.15. The van der Waals surface area contributed by atoms with Crippen molar-refractivity contribution in [2.24, 2.45) is 0 Å². The van der Waals surface area contributed by atoms with Crippen LogP contribution in [0.2, 0.25) is 0 Å². The lowest BCUT2D eigenvalue weighted by atomic mass is 10.1. The molecule has 6 heteroatoms. The monoisotopic (exact) mass is 380 g/mol. The SMILES string of the molecule is CCc1ccccc1NC(=O)CN1CCN(C(=O)Cc2ccc(N)cc2)CC1. The summed E-state index contributed by atoms with van der Waals surface area (Å²) in [5.74, 6) is 0.105. The van der Waals surface area contributed by atoms with E-state index in [9.17, 15) is 9.59 Å². The highest BCUT2D eigenvalue weighted by atomic mass is 16.2. The van der Waals surface area contributed by atoms with Crippen molar-refractivity contribution in [1.29, 1.82) is 0 Å². The third-order valence-electron chi connectivity index (χ3n) is 5.10. The quantitative estimate of drug-likeness (QED) is 0.753. The maximum Gasteiger partial charge on any atom is 0.238 e. The first-order valence-corrected chi connectivity index (χ1v) is 9.77. The number of carbonyl (C=O) groups excluding carboxylic acids is 2. The highest BCUT2D eigenvalue weighted by Gasteiger charge is 2.22. The van der Waals surface area contributed by atoms with Gasteiger partial charge >= 0.3 is 0 Å². The third-order valence-corrected chi connectivity index (χ3v) is 5.10. The van der Waals surface area contributed by atoms with E-state index in [1.54, 1.807) is 0 Å². The number of hydrogen-bond donors (Lipinski definition) is 2. The number of amides is 2. The predicted molar refractivity (Wildman–Crippen MR) is 112 cm³/mol. The smallest absolute Gasteiger partial charge is 0.238 e. The molecule has 28 heavy (non-hydrogen) atoms. The van der Waals surface area contributed by atoms with Crippen molar-refractivity contribution in [1.82, 2.24) is 9.80 Å². The fourth-order valence-corrected chi connectivity index (χ4v) is 3.42. The fourth-order valence-electron chi connectivity index (χ4n) is 3.42. The molecular weight excluding hydrogens is 352 g/mol. The number of nitrogen functional groups attached to an aromatic ring is 1. The van der Waals surface area contributed by atoms with Crippen LogP contribution in [0.4, 0.5) is 11.4 Å². The average molecular weight is 380 g/mol. The number of anilines is 2. The summed E-state index contributed by atoms with van der Waals surface area (Å²) in [6.45, 7) is 5.12. The molecular formula is C22H28N4O2. The van der Waals surface area contributed by atoms with Crippen molar-refractivity contribution >= 4 is 23.2 Å². The third kappa shape index (κ3) is 5.33. The molecule has 1 saturated heterocycles. The van der Waals surface area contributed by atoms with E-state index in [1.165, 1.54) is 0 Å². The van der Waals surface area contributed by atoms with Crippen molar-refractivity contribution in [3.63, 3.8) is 0 Å². The van der Waals surface area contributed by atoms with Gasteiger partial charge < -0.3 is 16.0 Å². The van der Waals surface area contributed by atoms with Crippen LogP contribution in [-0.4, -0.2) is 54.3 Å². The summed E-state index contributed by atoms with van der Waals surface area (Å²) in [6, 6.07) is 15.3. The van der Waals surface area contributed by atoms with Gasteiger partial charge in [-0.05, 0) is 35.7 Å². The minimum atomic E-state index is -0.0115. The van der Waals surface area contributed by atoms with Crippen LogP contribution in [0.5, 0.6) is 0 Å². The average Bonchev–Trinajstić information content (AvgIpc) is 2.70. The van der Waals surface area contributed by atoms with Crippen LogP contribution in [0, 0.1) is 0 Å². The number of nitrogens with two attached hydrogens (primary N) is 1. The highest BCUT2D eigenvalue weighted by molar-refractivity contribution is 5.93. The molecule has 1 heterocycles. The van der Waals surface area contributed by atoms with Crippen LogP contribution < -0.4 is 11.1 Å². The Morgan fingerprint density at radius 1 is 1.00 bits per heavy atom. The van der Waals surface area contributed by atoms with E-state index in [-0.39, 0.29) is 11.8 Å². The summed E-state index contributed by atoms with van der Waals surface area (Å²) < 4.78 is 0. The summed E-state index contributed by atoms with van der Waals surface area (Å²) in [6.07, 6.45) is 1.26. The van der Waals surface area contributed by atoms with Gasteiger partial charge in [-0.25, -0.2) is 0 Å². The van der Waals surface area contributed by atoms with Crippen molar-refractivity contribution in [3.05, 3.63) is 59.7 Å². The lowest BCUT2D eigenvalue weighted by Crippen LogP contribution is -2.50. The number of hydrogen-bond acceptors (Lipinski definition) is 4. The first kappa shape index (κ1) is 19.9. The number of carbonyl (C=O) groups is 2. The van der Waals surface area contributed by atoms with Crippen LogP contribution >= 0.6 is 0 Å². The molecule has 6 nitrogen and oxygen atoms in total. The standard InChI is InChI=1S/C22H28N4O2/c1-2-18-5-3-4-6-20(18)24-21(27)16-25-11-13-26(14-12-25)22(28)15-17-7-9-19(23)10-8-17/h3-10H,2,11-16,23H2,1H3,(H,24,27). The second kappa shape index (κ2) is 9.37. The van der Waals surface area contributed by atoms with Crippen LogP contribution in [0.15, 0.2) is 48.5 Å². The Kier molecular flexibility index (Phi) is 6.66. The number of rotatable bonds is 6. The van der Waals surface area contributed by atoms with Crippen LogP contribution in [0.3, 0.4) is 0 Å². The van der Waals surface area contributed by atoms with Gasteiger partial charge in [0.25, 0.3) is 0 Å². The molecule has 1 fully saturated rings. The van der Waals surface area contributed by atoms with Crippen molar-refractivity contribution in [3.8, 4) is 0 Å². The van der Waals surface area contributed by atoms with E-state index in [2.05, 4.69) is 17.1 Å². The first-order chi connectivity index (χ1) is 13.5. The van der Waals surface area contributed by atoms with Crippen LogP contribution in [-0.2, 0) is 22.4 Å². The largest absolute Gasteiger partial charge is 0.399 e. The number of para-hydroxylation sites is 1. The van der Waals surface area contributed by atoms with E-state index < -0.39 is 0 Å². The summed E-state index contributed by atoms with van der Waals surface area (Å²) in [5.41, 5.74) is 9.37. The summed E-state index contributed by atoms with van der Waals surface area (Å²) in [5, 5.41) is 3.01. The van der Waals surface area contributed by atoms with E-state index in [0.29, 0.717) is 44.8 Å². The van der Waals surface area contributed by atoms with E-state index in [4.69, 9.17) is 5.73 Å². The van der Waals surface area contributed by atoms with Gasteiger partial charge in [0.15, 0.2) is 0 Å². The Morgan fingerprint density at radius 2 is 1.68 bits per heavy atom. The van der Waals surface area contributed by atoms with Gasteiger partial charge in [0.05, 0.1) is 13.0 Å². The molecule has 2 aromatic rings. The number of aryl methyl sites for hydroxylation is 1. The maximum atomic E-state index is 12.5. The second-order valence-corrected chi connectivity index (χ2v) is 7.13. The number of benzene rings is 2. The van der Waals surface area contributed by atoms with Crippen molar-refractivity contribution < 1.29 is 9.59 Å². The topological polar surface area (TPSA) is 78.7 Å². The molecule has 0 saturated carbocycles. The van der Waals surface area contributed by atoms with Gasteiger partial charge in [-0.2, -0.15) is 0 Å². The lowest BCUT2D eigenvalue weighted by Gasteiger charge is -2.34. The van der Waals surface area contributed by atoms with Gasteiger partial charge in [0, 0.05) is 37.6 Å². The summed E-state index contributed by atoms with van der Waals surface area (Å²) in [7, 11) is 0. The normalized spacial score (nSPS) is 14.7. The molecule has 3 N–H and O–H groups in total. The van der Waals surface area contributed by atoms with Crippen molar-refractivity contribution in [2.75, 3.05) is 43.8 Å². The molecule has 0 unspecified atom stereocenters. The minimum Gasteiger partial charge on any atom is -0.399 e. The maximum absolute atomic E-state index is 12.5. The van der Waals surface area contributed by atoms with Gasteiger partial charge in [0.1, 0.15) is 0 Å². The predicted octanol–water partition coefficient (Wildman–Crippen LogP) is 2.16. The first-order valence-electron chi connectivity index (χ1n) is 9.77. The number of nitrogens with zero attached hydrogens (tertiary/aromatic N) is 2. The summed E-state index contributed by atoms with van der Waals surface area (Å²) >= 11 is 0. The molecule has 2 aromatic carbocycles. The Bertz CT molecular complexity index is 812. The van der Waals surface area contributed by atoms with Gasteiger partial charge in [-0.15, -0.1) is 0 Å². The Morgan fingerprint density at radius 3 is 2.36 bits per heavy atom. The molecule has 1 aliphatic heterocycles. The molecule has 0 radical (unpaired) electrons. The summed E-state index contributed by atoms with van der Waals surface area (Å²) in [4.78, 5) is 28.8. The molecule has 148 valence electrons. The Labute approximate surface area is 166 Å². The van der Waals surface area contributed by atoms with Gasteiger partial charge in [-0.1, -0.05) is 37.3 Å². The van der Waals surface area contributed by atoms with Crippen LogP contribution in [0.1, 0.15) is 18.1 Å². The van der Waals surface area contributed by atoms with Gasteiger partial charge in [0.2, 0.25) is 11.8 Å². The number of nitrogens with one attached hydrogen (secondary N) is 1. The zero-order valence-corrected chi connectivity index (χ0v) is 16.4.